The summed E-state index contributed by atoms with van der Waals surface area (Å²) in [7, 11) is 0. The van der Waals surface area contributed by atoms with E-state index in [0.717, 1.165) is 29.3 Å². The molecule has 3 N–H and O–H groups in total. The van der Waals surface area contributed by atoms with Crippen LogP contribution in [0.2, 0.25) is 5.02 Å². The third-order valence-corrected chi connectivity index (χ3v) is 6.33. The van der Waals surface area contributed by atoms with Gasteiger partial charge in [0.05, 0.1) is 11.4 Å². The number of rotatable bonds is 10. The summed E-state index contributed by atoms with van der Waals surface area (Å²) in [5.74, 6) is 1.27. The van der Waals surface area contributed by atoms with E-state index in [9.17, 15) is 9.59 Å². The number of hydrogen-bond donors (Lipinski definition) is 3. The van der Waals surface area contributed by atoms with E-state index in [0.29, 0.717) is 23.5 Å². The summed E-state index contributed by atoms with van der Waals surface area (Å²) in [6.45, 7) is 2.84. The van der Waals surface area contributed by atoms with Crippen molar-refractivity contribution >= 4 is 46.6 Å². The van der Waals surface area contributed by atoms with Gasteiger partial charge in [-0.25, -0.2) is 0 Å². The highest BCUT2D eigenvalue weighted by atomic mass is 35.5. The molecule has 1 unspecified atom stereocenters. The molecule has 0 saturated heterocycles. The number of halogens is 1. The van der Waals surface area contributed by atoms with Gasteiger partial charge < -0.3 is 16.0 Å². The fourth-order valence-corrected chi connectivity index (χ4v) is 4.38. The largest absolute Gasteiger partial charge is 0.371 e. The second-order valence-corrected chi connectivity index (χ2v) is 8.87. The summed E-state index contributed by atoms with van der Waals surface area (Å²) in [4.78, 5) is 24.8. The maximum Gasteiger partial charge on any atom is 0.251 e. The van der Waals surface area contributed by atoms with Crippen molar-refractivity contribution in [3.63, 3.8) is 0 Å². The van der Waals surface area contributed by atoms with Gasteiger partial charge in [-0.3, -0.25) is 9.59 Å². The molecule has 2 amide bonds. The average Bonchev–Trinajstić information content (AvgIpc) is 2.75. The van der Waals surface area contributed by atoms with Crippen LogP contribution in [-0.4, -0.2) is 30.2 Å². The van der Waals surface area contributed by atoms with Crippen LogP contribution in [-0.2, 0) is 10.5 Å². The van der Waals surface area contributed by atoms with Crippen molar-refractivity contribution in [1.82, 2.24) is 5.32 Å². The van der Waals surface area contributed by atoms with E-state index >= 15 is 0 Å². The lowest BCUT2D eigenvalue weighted by Crippen LogP contribution is -2.40. The molecule has 0 aromatic heterocycles. The predicted molar refractivity (Wildman–Crippen MR) is 127 cm³/mol. The van der Waals surface area contributed by atoms with Crippen LogP contribution in [0.4, 0.5) is 11.4 Å². The number of unbranched alkanes of at least 4 members (excludes halogenated alkanes) is 3. The van der Waals surface area contributed by atoms with Crippen molar-refractivity contribution in [2.45, 2.75) is 44.4 Å². The highest BCUT2D eigenvalue weighted by molar-refractivity contribution is 7.98. The number of thioether (sulfide) groups is 1. The molecule has 30 heavy (non-hydrogen) atoms. The SMILES string of the molecule is CCCCCCNC(=O)c1ccc2c(c1)NC(=O)C(CSCc1ccc(Cl)cc1)N2. The van der Waals surface area contributed by atoms with Crippen LogP contribution in [0, 0.1) is 0 Å². The number of carbonyl (C=O) groups excluding carboxylic acids is 2. The van der Waals surface area contributed by atoms with Gasteiger partial charge in [-0.2, -0.15) is 11.8 Å². The van der Waals surface area contributed by atoms with E-state index in [2.05, 4.69) is 22.9 Å². The molecule has 1 atom stereocenters. The van der Waals surface area contributed by atoms with Gasteiger partial charge in [0.15, 0.2) is 0 Å². The zero-order valence-electron chi connectivity index (χ0n) is 17.2. The van der Waals surface area contributed by atoms with Crippen molar-refractivity contribution < 1.29 is 9.59 Å². The van der Waals surface area contributed by atoms with Crippen LogP contribution in [0.15, 0.2) is 42.5 Å². The van der Waals surface area contributed by atoms with E-state index < -0.39 is 0 Å². The minimum absolute atomic E-state index is 0.0803. The number of anilines is 2. The summed E-state index contributed by atoms with van der Waals surface area (Å²) in [6.07, 6.45) is 4.47. The lowest BCUT2D eigenvalue weighted by atomic mass is 10.1. The fraction of sp³-hybridized carbons (Fsp3) is 0.391. The smallest absolute Gasteiger partial charge is 0.251 e. The summed E-state index contributed by atoms with van der Waals surface area (Å²) >= 11 is 7.60. The molecule has 0 aliphatic carbocycles. The third kappa shape index (κ3) is 6.41. The summed E-state index contributed by atoms with van der Waals surface area (Å²) < 4.78 is 0. The first-order chi connectivity index (χ1) is 14.6. The van der Waals surface area contributed by atoms with Gasteiger partial charge in [-0.1, -0.05) is 49.9 Å². The van der Waals surface area contributed by atoms with Gasteiger partial charge in [0.1, 0.15) is 6.04 Å². The fourth-order valence-electron chi connectivity index (χ4n) is 3.24. The first-order valence-electron chi connectivity index (χ1n) is 10.4. The average molecular weight is 446 g/mol. The Morgan fingerprint density at radius 2 is 1.90 bits per heavy atom. The second-order valence-electron chi connectivity index (χ2n) is 7.40. The van der Waals surface area contributed by atoms with Gasteiger partial charge in [0.2, 0.25) is 5.91 Å². The van der Waals surface area contributed by atoms with Crippen LogP contribution in [0.5, 0.6) is 0 Å². The molecular formula is C23H28ClN3O2S. The lowest BCUT2D eigenvalue weighted by molar-refractivity contribution is -0.116. The van der Waals surface area contributed by atoms with Crippen molar-refractivity contribution in [2.75, 3.05) is 22.9 Å². The summed E-state index contributed by atoms with van der Waals surface area (Å²) in [6, 6.07) is 12.8. The van der Waals surface area contributed by atoms with Crippen LogP contribution < -0.4 is 16.0 Å². The molecular weight excluding hydrogens is 418 g/mol. The van der Waals surface area contributed by atoms with Crippen molar-refractivity contribution in [1.29, 1.82) is 0 Å². The number of benzene rings is 2. The number of nitrogens with one attached hydrogen (secondary N) is 3. The molecule has 1 aliphatic heterocycles. The van der Waals surface area contributed by atoms with Crippen LogP contribution in [0.1, 0.15) is 48.5 Å². The summed E-state index contributed by atoms with van der Waals surface area (Å²) in [5.41, 5.74) is 3.22. The van der Waals surface area contributed by atoms with E-state index in [4.69, 9.17) is 11.6 Å². The Bertz CT molecular complexity index is 873. The van der Waals surface area contributed by atoms with Gasteiger partial charge >= 0.3 is 0 Å². The van der Waals surface area contributed by atoms with Gasteiger partial charge in [-0.15, -0.1) is 0 Å². The van der Waals surface area contributed by atoms with E-state index in [1.54, 1.807) is 23.9 Å². The number of fused-ring (bicyclic) bond motifs is 1. The van der Waals surface area contributed by atoms with Gasteiger partial charge in [-0.05, 0) is 42.3 Å². The second kappa shape index (κ2) is 11.3. The Kier molecular flexibility index (Phi) is 8.46. The number of hydrogen-bond acceptors (Lipinski definition) is 4. The first kappa shape index (κ1) is 22.5. The molecule has 2 aromatic rings. The highest BCUT2D eigenvalue weighted by Crippen LogP contribution is 2.29. The summed E-state index contributed by atoms with van der Waals surface area (Å²) in [5, 5.41) is 9.89. The molecule has 0 fully saturated rings. The van der Waals surface area contributed by atoms with Crippen LogP contribution in [0.25, 0.3) is 0 Å². The van der Waals surface area contributed by atoms with E-state index in [1.165, 1.54) is 18.4 Å². The minimum Gasteiger partial charge on any atom is -0.371 e. The molecule has 1 heterocycles. The minimum atomic E-state index is -0.312. The maximum absolute atomic E-state index is 12.5. The zero-order valence-corrected chi connectivity index (χ0v) is 18.7. The molecule has 160 valence electrons. The van der Waals surface area contributed by atoms with Crippen molar-refractivity contribution in [2.24, 2.45) is 0 Å². The Morgan fingerprint density at radius 3 is 2.67 bits per heavy atom. The van der Waals surface area contributed by atoms with Crippen LogP contribution in [0.3, 0.4) is 0 Å². The Balaban J connectivity index is 1.50. The van der Waals surface area contributed by atoms with E-state index in [-0.39, 0.29) is 17.9 Å². The Morgan fingerprint density at radius 1 is 1.10 bits per heavy atom. The Hall–Kier alpha value is -2.18. The molecule has 7 heteroatoms. The molecule has 0 saturated carbocycles. The normalized spacial score (nSPS) is 15.1. The lowest BCUT2D eigenvalue weighted by Gasteiger charge is -2.27. The first-order valence-corrected chi connectivity index (χ1v) is 11.9. The quantitative estimate of drug-likeness (QED) is 0.433. The maximum atomic E-state index is 12.5. The molecule has 3 rings (SSSR count). The number of carbonyl (C=O) groups is 2. The topological polar surface area (TPSA) is 70.2 Å². The Labute approximate surface area is 187 Å². The highest BCUT2D eigenvalue weighted by Gasteiger charge is 2.26. The van der Waals surface area contributed by atoms with Gasteiger partial charge in [0, 0.05) is 28.6 Å². The van der Waals surface area contributed by atoms with Crippen LogP contribution >= 0.6 is 23.4 Å². The monoisotopic (exact) mass is 445 g/mol. The molecule has 1 aliphatic rings. The van der Waals surface area contributed by atoms with Crippen molar-refractivity contribution in [3.05, 3.63) is 58.6 Å². The molecule has 2 aromatic carbocycles. The van der Waals surface area contributed by atoms with Gasteiger partial charge in [0.25, 0.3) is 5.91 Å². The zero-order chi connectivity index (χ0) is 21.3. The molecule has 5 nitrogen and oxygen atoms in total. The standard InChI is InChI=1S/C23H28ClN3O2S/c1-2-3-4-5-12-25-22(28)17-8-11-19-20(13-17)27-23(29)21(26-19)15-30-14-16-6-9-18(24)10-7-16/h6-11,13,21,26H,2-5,12,14-15H2,1H3,(H,25,28)(H,27,29). The van der Waals surface area contributed by atoms with E-state index in [1.807, 2.05) is 30.3 Å². The third-order valence-electron chi connectivity index (χ3n) is 4.97. The predicted octanol–water partition coefficient (Wildman–Crippen LogP) is 5.32. The molecule has 0 bridgehead atoms. The molecule has 0 spiro atoms. The number of amides is 2. The van der Waals surface area contributed by atoms with Crippen molar-refractivity contribution in [3.8, 4) is 0 Å². The molecule has 0 radical (unpaired) electrons.